The van der Waals surface area contributed by atoms with Crippen LogP contribution in [-0.4, -0.2) is 25.0 Å². The Morgan fingerprint density at radius 2 is 1.84 bits per heavy atom. The van der Waals surface area contributed by atoms with Crippen LogP contribution < -0.4 is 19.7 Å². The average molecular weight is 457 g/mol. The van der Waals surface area contributed by atoms with Crippen LogP contribution >= 0.6 is 23.2 Å². The SMILES string of the molecule is O=C(COc1ccc(Cl)cc1)Nc1ccc2c(c1)N(Cc1cccc(Cl)c1)C(=O)CO2. The number of hydrogen-bond donors (Lipinski definition) is 1. The van der Waals surface area contributed by atoms with E-state index in [9.17, 15) is 9.59 Å². The van der Waals surface area contributed by atoms with Gasteiger partial charge in [0.05, 0.1) is 12.2 Å². The van der Waals surface area contributed by atoms with Crippen molar-refractivity contribution in [3.8, 4) is 11.5 Å². The minimum atomic E-state index is -0.334. The Hall–Kier alpha value is -3.22. The molecule has 6 nitrogen and oxygen atoms in total. The molecular formula is C23H18Cl2N2O4. The van der Waals surface area contributed by atoms with Gasteiger partial charge in [0.15, 0.2) is 13.2 Å². The largest absolute Gasteiger partial charge is 0.484 e. The van der Waals surface area contributed by atoms with Gasteiger partial charge in [0.25, 0.3) is 11.8 Å². The van der Waals surface area contributed by atoms with Crippen molar-refractivity contribution in [2.45, 2.75) is 6.54 Å². The highest BCUT2D eigenvalue weighted by Gasteiger charge is 2.26. The van der Waals surface area contributed by atoms with Gasteiger partial charge < -0.3 is 19.7 Å². The Morgan fingerprint density at radius 3 is 2.61 bits per heavy atom. The first-order valence-electron chi connectivity index (χ1n) is 9.48. The number of carbonyl (C=O) groups is 2. The number of ether oxygens (including phenoxy) is 2. The summed E-state index contributed by atoms with van der Waals surface area (Å²) in [5.41, 5.74) is 1.99. The molecule has 1 aliphatic heterocycles. The third-order valence-electron chi connectivity index (χ3n) is 4.60. The Balaban J connectivity index is 1.47. The molecule has 2 amide bonds. The zero-order valence-corrected chi connectivity index (χ0v) is 17.8. The fraction of sp³-hybridized carbons (Fsp3) is 0.130. The summed E-state index contributed by atoms with van der Waals surface area (Å²) in [4.78, 5) is 26.4. The van der Waals surface area contributed by atoms with Crippen LogP contribution in [0.2, 0.25) is 10.0 Å². The molecule has 0 saturated carbocycles. The molecule has 1 N–H and O–H groups in total. The average Bonchev–Trinajstić information content (AvgIpc) is 2.75. The molecule has 0 atom stereocenters. The van der Waals surface area contributed by atoms with Crippen LogP contribution in [0.25, 0.3) is 0 Å². The quantitative estimate of drug-likeness (QED) is 0.570. The maximum Gasteiger partial charge on any atom is 0.265 e. The van der Waals surface area contributed by atoms with Gasteiger partial charge in [-0.15, -0.1) is 0 Å². The predicted molar refractivity (Wildman–Crippen MR) is 120 cm³/mol. The second-order valence-corrected chi connectivity index (χ2v) is 7.74. The molecule has 0 bridgehead atoms. The summed E-state index contributed by atoms with van der Waals surface area (Å²) in [6.07, 6.45) is 0. The Morgan fingerprint density at radius 1 is 1.03 bits per heavy atom. The highest BCUT2D eigenvalue weighted by molar-refractivity contribution is 6.30. The molecule has 31 heavy (non-hydrogen) atoms. The van der Waals surface area contributed by atoms with Crippen LogP contribution in [0.5, 0.6) is 11.5 Å². The summed E-state index contributed by atoms with van der Waals surface area (Å²) < 4.78 is 11.0. The molecule has 0 radical (unpaired) electrons. The molecule has 1 heterocycles. The monoisotopic (exact) mass is 456 g/mol. The van der Waals surface area contributed by atoms with E-state index < -0.39 is 0 Å². The van der Waals surface area contributed by atoms with E-state index in [0.29, 0.717) is 39.5 Å². The molecule has 3 aromatic carbocycles. The minimum Gasteiger partial charge on any atom is -0.484 e. The highest BCUT2D eigenvalue weighted by Crippen LogP contribution is 2.35. The normalized spacial score (nSPS) is 12.7. The number of amides is 2. The zero-order chi connectivity index (χ0) is 21.8. The molecule has 4 rings (SSSR count). The fourth-order valence-corrected chi connectivity index (χ4v) is 3.49. The van der Waals surface area contributed by atoms with Crippen molar-refractivity contribution >= 4 is 46.4 Å². The summed E-state index contributed by atoms with van der Waals surface area (Å²) in [6, 6.07) is 19.2. The minimum absolute atomic E-state index is 0.0474. The van der Waals surface area contributed by atoms with E-state index in [0.717, 1.165) is 5.56 Å². The van der Waals surface area contributed by atoms with Crippen molar-refractivity contribution in [1.82, 2.24) is 0 Å². The van der Waals surface area contributed by atoms with E-state index in [1.54, 1.807) is 53.4 Å². The topological polar surface area (TPSA) is 67.9 Å². The molecule has 8 heteroatoms. The summed E-state index contributed by atoms with van der Waals surface area (Å²) in [5.74, 6) is 0.593. The zero-order valence-electron chi connectivity index (χ0n) is 16.3. The first kappa shape index (κ1) is 21.0. The summed E-state index contributed by atoms with van der Waals surface area (Å²) in [6.45, 7) is 0.126. The third kappa shape index (κ3) is 5.29. The first-order chi connectivity index (χ1) is 15.0. The highest BCUT2D eigenvalue weighted by atomic mass is 35.5. The third-order valence-corrected chi connectivity index (χ3v) is 5.09. The summed E-state index contributed by atoms with van der Waals surface area (Å²) >= 11 is 11.9. The number of hydrogen-bond acceptors (Lipinski definition) is 4. The van der Waals surface area contributed by atoms with Gasteiger partial charge in [-0.25, -0.2) is 0 Å². The maximum atomic E-state index is 12.5. The number of halogens is 2. The van der Waals surface area contributed by atoms with E-state index in [-0.39, 0.29) is 25.0 Å². The molecular weight excluding hydrogens is 439 g/mol. The Labute approximate surface area is 189 Å². The van der Waals surface area contributed by atoms with Gasteiger partial charge in [-0.2, -0.15) is 0 Å². The van der Waals surface area contributed by atoms with Crippen LogP contribution in [0.3, 0.4) is 0 Å². The number of nitrogens with zero attached hydrogens (tertiary/aromatic N) is 1. The smallest absolute Gasteiger partial charge is 0.265 e. The van der Waals surface area contributed by atoms with Crippen LogP contribution in [0.4, 0.5) is 11.4 Å². The van der Waals surface area contributed by atoms with Gasteiger partial charge in [0.2, 0.25) is 0 Å². The number of anilines is 2. The van der Waals surface area contributed by atoms with E-state index >= 15 is 0 Å². The van der Waals surface area contributed by atoms with Crippen LogP contribution in [0, 0.1) is 0 Å². The molecule has 0 aliphatic carbocycles. The van der Waals surface area contributed by atoms with Crippen LogP contribution in [-0.2, 0) is 16.1 Å². The molecule has 0 unspecified atom stereocenters. The summed E-state index contributed by atoms with van der Waals surface area (Å²) in [7, 11) is 0. The van der Waals surface area contributed by atoms with E-state index in [1.165, 1.54) is 0 Å². The van der Waals surface area contributed by atoms with Crippen molar-refractivity contribution in [2.24, 2.45) is 0 Å². The van der Waals surface area contributed by atoms with E-state index in [4.69, 9.17) is 32.7 Å². The fourth-order valence-electron chi connectivity index (χ4n) is 3.15. The van der Waals surface area contributed by atoms with Crippen molar-refractivity contribution in [1.29, 1.82) is 0 Å². The second-order valence-electron chi connectivity index (χ2n) is 6.87. The number of fused-ring (bicyclic) bond motifs is 1. The van der Waals surface area contributed by atoms with E-state index in [1.807, 2.05) is 18.2 Å². The molecule has 0 saturated heterocycles. The van der Waals surface area contributed by atoms with E-state index in [2.05, 4.69) is 5.32 Å². The van der Waals surface area contributed by atoms with Gasteiger partial charge in [0, 0.05) is 15.7 Å². The summed E-state index contributed by atoms with van der Waals surface area (Å²) in [5, 5.41) is 3.96. The number of benzene rings is 3. The van der Waals surface area contributed by atoms with Crippen molar-refractivity contribution in [3.63, 3.8) is 0 Å². The van der Waals surface area contributed by atoms with Gasteiger partial charge in [-0.1, -0.05) is 35.3 Å². The number of rotatable bonds is 6. The second kappa shape index (κ2) is 9.29. The molecule has 0 aromatic heterocycles. The standard InChI is InChI=1S/C23H18Cl2N2O4/c24-16-4-7-19(8-5-16)30-13-22(28)26-18-6-9-21-20(11-18)27(23(29)14-31-21)12-15-2-1-3-17(25)10-15/h1-11H,12-14H2,(H,26,28). The molecule has 1 aliphatic rings. The molecule has 3 aromatic rings. The van der Waals surface area contributed by atoms with Gasteiger partial charge >= 0.3 is 0 Å². The molecule has 0 spiro atoms. The van der Waals surface area contributed by atoms with Gasteiger partial charge in [-0.05, 0) is 60.2 Å². The lowest BCUT2D eigenvalue weighted by atomic mass is 10.1. The molecule has 158 valence electrons. The lowest BCUT2D eigenvalue weighted by Gasteiger charge is -2.30. The molecule has 0 fully saturated rings. The first-order valence-corrected chi connectivity index (χ1v) is 10.2. The maximum absolute atomic E-state index is 12.5. The van der Waals surface area contributed by atoms with Crippen LogP contribution in [0.1, 0.15) is 5.56 Å². The van der Waals surface area contributed by atoms with Crippen molar-refractivity contribution in [2.75, 3.05) is 23.4 Å². The lowest BCUT2D eigenvalue weighted by molar-refractivity contribution is -0.121. The van der Waals surface area contributed by atoms with Gasteiger partial charge in [-0.3, -0.25) is 9.59 Å². The number of carbonyl (C=O) groups excluding carboxylic acids is 2. The van der Waals surface area contributed by atoms with Crippen molar-refractivity contribution in [3.05, 3.63) is 82.3 Å². The van der Waals surface area contributed by atoms with Gasteiger partial charge in [0.1, 0.15) is 11.5 Å². The van der Waals surface area contributed by atoms with Crippen molar-refractivity contribution < 1.29 is 19.1 Å². The Bertz CT molecular complexity index is 1120. The Kier molecular flexibility index (Phi) is 6.30. The predicted octanol–water partition coefficient (Wildman–Crippen LogP) is 4.94. The number of nitrogens with one attached hydrogen (secondary N) is 1. The lowest BCUT2D eigenvalue weighted by Crippen LogP contribution is -2.38. The van der Waals surface area contributed by atoms with Crippen LogP contribution in [0.15, 0.2) is 66.7 Å².